The summed E-state index contributed by atoms with van der Waals surface area (Å²) < 4.78 is 2.54. The van der Waals surface area contributed by atoms with Crippen LogP contribution in [0.4, 0.5) is 0 Å². The van der Waals surface area contributed by atoms with E-state index in [1.165, 1.54) is 18.5 Å². The van der Waals surface area contributed by atoms with Crippen molar-refractivity contribution < 1.29 is 0 Å². The van der Waals surface area contributed by atoms with E-state index in [0.29, 0.717) is 0 Å². The van der Waals surface area contributed by atoms with E-state index >= 15 is 0 Å². The summed E-state index contributed by atoms with van der Waals surface area (Å²) in [4.78, 5) is 0. The Kier molecular flexibility index (Phi) is 5.10. The van der Waals surface area contributed by atoms with E-state index in [0.717, 1.165) is 5.54 Å². The van der Waals surface area contributed by atoms with E-state index in [9.17, 15) is 0 Å². The van der Waals surface area contributed by atoms with Gasteiger partial charge in [0.15, 0.2) is 0 Å². The Hall–Kier alpha value is 0.177. The highest BCUT2D eigenvalue weighted by molar-refractivity contribution is 6.78. The first-order valence-electron chi connectivity index (χ1n) is 5.18. The van der Waals surface area contributed by atoms with Gasteiger partial charge < -0.3 is 4.57 Å². The van der Waals surface area contributed by atoms with Gasteiger partial charge >= 0.3 is 0 Å². The van der Waals surface area contributed by atoms with Gasteiger partial charge in [-0.05, 0) is 31.7 Å². The third kappa shape index (κ3) is 2.33. The van der Waals surface area contributed by atoms with E-state index in [-0.39, 0.29) is 0 Å². The Labute approximate surface area is 79.2 Å². The fourth-order valence-electron chi connectivity index (χ4n) is 2.36. The minimum absolute atomic E-state index is 0.887. The summed E-state index contributed by atoms with van der Waals surface area (Å²) in [6.45, 7) is 9.46. The van der Waals surface area contributed by atoms with Gasteiger partial charge in [-0.2, -0.15) is 0 Å². The Morgan fingerprint density at radius 1 is 1.17 bits per heavy atom. The van der Waals surface area contributed by atoms with Crippen molar-refractivity contribution in [2.45, 2.75) is 51.7 Å². The summed E-state index contributed by atoms with van der Waals surface area (Å²) in [6, 6.07) is 2.85. The maximum absolute atomic E-state index is 2.54. The molecule has 12 heavy (non-hydrogen) atoms. The number of hydrogen-bond donors (Lipinski definition) is 0. The molecule has 0 aromatic heterocycles. The molecule has 0 bridgehead atoms. The lowest BCUT2D eigenvalue weighted by Gasteiger charge is -2.40. The van der Waals surface area contributed by atoms with Gasteiger partial charge in [-0.15, -0.1) is 0 Å². The predicted octanol–water partition coefficient (Wildman–Crippen LogP) is 3.33. The van der Waals surface area contributed by atoms with Gasteiger partial charge in [0.05, 0.1) is 0 Å². The zero-order valence-corrected chi connectivity index (χ0v) is 10.6. The first-order chi connectivity index (χ1) is 5.51. The van der Waals surface area contributed by atoms with Crippen LogP contribution in [0.15, 0.2) is 0 Å². The molecule has 0 aliphatic carbocycles. The van der Waals surface area contributed by atoms with Gasteiger partial charge in [-0.1, -0.05) is 34.1 Å². The molecule has 1 unspecified atom stereocenters. The Balaban J connectivity index is 4.51. The molecule has 0 fully saturated rings. The summed E-state index contributed by atoms with van der Waals surface area (Å²) in [5.74, 6) is 0. The van der Waals surface area contributed by atoms with Crippen molar-refractivity contribution >= 4 is 8.24 Å². The van der Waals surface area contributed by atoms with Crippen molar-refractivity contribution in [3.8, 4) is 0 Å². The zero-order chi connectivity index (χ0) is 9.78. The molecule has 0 radical (unpaired) electrons. The maximum atomic E-state index is 2.54. The van der Waals surface area contributed by atoms with Crippen LogP contribution in [0.25, 0.3) is 0 Å². The monoisotopic (exact) mass is 187 g/mol. The molecule has 0 heterocycles. The molecule has 0 saturated carbocycles. The number of hydrogen-bond acceptors (Lipinski definition) is 1. The van der Waals surface area contributed by atoms with Gasteiger partial charge in [0.1, 0.15) is 8.24 Å². The molecule has 0 rings (SSSR count). The molecule has 1 nitrogen and oxygen atoms in total. The second-order valence-corrected chi connectivity index (χ2v) is 9.72. The maximum Gasteiger partial charge on any atom is 0.130 e. The fraction of sp³-hybridized carbons (Fsp3) is 1.00. The first-order valence-corrected chi connectivity index (χ1v) is 7.62. The van der Waals surface area contributed by atoms with Crippen LogP contribution < -0.4 is 0 Å². The Morgan fingerprint density at radius 2 is 1.67 bits per heavy atom. The molecule has 2 heteroatoms. The summed E-state index contributed by atoms with van der Waals surface area (Å²) in [7, 11) is 3.45. The molecule has 0 amide bonds. The van der Waals surface area contributed by atoms with Crippen molar-refractivity contribution in [1.29, 1.82) is 0 Å². The number of rotatable bonds is 5. The van der Waals surface area contributed by atoms with E-state index in [4.69, 9.17) is 0 Å². The molecular weight excluding hydrogens is 162 g/mol. The van der Waals surface area contributed by atoms with Gasteiger partial charge in [-0.25, -0.2) is 0 Å². The lowest BCUT2D eigenvalue weighted by molar-refractivity contribution is 0.578. The van der Waals surface area contributed by atoms with E-state index in [2.05, 4.69) is 46.4 Å². The van der Waals surface area contributed by atoms with Crippen molar-refractivity contribution in [3.63, 3.8) is 0 Å². The molecular formula is C10H25NSi. The molecule has 1 atom stereocenters. The largest absolute Gasteiger partial charge is 0.329 e. The van der Waals surface area contributed by atoms with Gasteiger partial charge in [0.25, 0.3) is 0 Å². The third-order valence-electron chi connectivity index (χ3n) is 3.26. The van der Waals surface area contributed by atoms with Crippen molar-refractivity contribution in [1.82, 2.24) is 4.57 Å². The van der Waals surface area contributed by atoms with Crippen molar-refractivity contribution in [2.24, 2.45) is 0 Å². The normalized spacial score (nSPS) is 17.0. The fourth-order valence-corrected chi connectivity index (χ4v) is 7.09. The van der Waals surface area contributed by atoms with E-state index < -0.39 is 8.24 Å². The minimum atomic E-state index is -1.09. The SMILES string of the molecule is CCC[Si](CC)(C(C)C)N(C)C. The lowest BCUT2D eigenvalue weighted by atomic mass is 10.5. The average molecular weight is 187 g/mol. The van der Waals surface area contributed by atoms with Crippen LogP contribution in [0, 0.1) is 0 Å². The summed E-state index contributed by atoms with van der Waals surface area (Å²) >= 11 is 0. The van der Waals surface area contributed by atoms with Crippen LogP contribution in [0.5, 0.6) is 0 Å². The zero-order valence-electron chi connectivity index (χ0n) is 9.65. The third-order valence-corrected chi connectivity index (χ3v) is 9.78. The van der Waals surface area contributed by atoms with Crippen molar-refractivity contribution in [2.75, 3.05) is 14.1 Å². The quantitative estimate of drug-likeness (QED) is 0.597. The van der Waals surface area contributed by atoms with Crippen LogP contribution in [-0.2, 0) is 0 Å². The molecule has 0 aromatic rings. The van der Waals surface area contributed by atoms with E-state index in [1.54, 1.807) is 0 Å². The standard InChI is InChI=1S/C10H25NSi/c1-7-9-12(8-2,10(3)4)11(5)6/h10H,7-9H2,1-6H3. The van der Waals surface area contributed by atoms with Gasteiger partial charge in [-0.3, -0.25) is 0 Å². The van der Waals surface area contributed by atoms with Crippen LogP contribution in [-0.4, -0.2) is 26.9 Å². The second kappa shape index (κ2) is 5.03. The molecule has 74 valence electrons. The summed E-state index contributed by atoms with van der Waals surface area (Å²) in [6.07, 6.45) is 1.34. The van der Waals surface area contributed by atoms with Crippen molar-refractivity contribution in [3.05, 3.63) is 0 Å². The average Bonchev–Trinajstić information content (AvgIpc) is 1.98. The Bertz CT molecular complexity index is 113. The first kappa shape index (κ1) is 12.2. The smallest absolute Gasteiger partial charge is 0.130 e. The highest BCUT2D eigenvalue weighted by Gasteiger charge is 2.35. The molecule has 0 N–H and O–H groups in total. The number of nitrogens with zero attached hydrogens (tertiary/aromatic N) is 1. The Morgan fingerprint density at radius 3 is 1.75 bits per heavy atom. The molecule has 0 saturated heterocycles. The predicted molar refractivity (Wildman–Crippen MR) is 60.1 cm³/mol. The van der Waals surface area contributed by atoms with Crippen LogP contribution >= 0.6 is 0 Å². The second-order valence-electron chi connectivity index (χ2n) is 4.26. The highest BCUT2D eigenvalue weighted by atomic mass is 28.3. The summed E-state index contributed by atoms with van der Waals surface area (Å²) in [5.41, 5.74) is 0.887. The van der Waals surface area contributed by atoms with E-state index in [1.807, 2.05) is 0 Å². The molecule has 0 aromatic carbocycles. The lowest BCUT2D eigenvalue weighted by Crippen LogP contribution is -2.51. The van der Waals surface area contributed by atoms with Crippen LogP contribution in [0.3, 0.4) is 0 Å². The topological polar surface area (TPSA) is 3.24 Å². The van der Waals surface area contributed by atoms with Crippen LogP contribution in [0.1, 0.15) is 34.1 Å². The van der Waals surface area contributed by atoms with Crippen LogP contribution in [0.2, 0.25) is 17.6 Å². The highest BCUT2D eigenvalue weighted by Crippen LogP contribution is 2.31. The van der Waals surface area contributed by atoms with Gasteiger partial charge in [0.2, 0.25) is 0 Å². The van der Waals surface area contributed by atoms with Gasteiger partial charge in [0, 0.05) is 0 Å². The minimum Gasteiger partial charge on any atom is -0.329 e. The molecule has 0 spiro atoms. The summed E-state index contributed by atoms with van der Waals surface area (Å²) in [5, 5.41) is 0. The molecule has 0 aliphatic heterocycles. The molecule has 0 aliphatic rings.